The molecule has 7 nitrogen and oxygen atoms in total. The monoisotopic (exact) mass is 356 g/mol. The minimum absolute atomic E-state index is 0.175. The molecule has 1 aromatic carbocycles. The molecule has 1 aromatic heterocycles. The molecule has 0 saturated carbocycles. The van der Waals surface area contributed by atoms with Crippen molar-refractivity contribution in [1.82, 2.24) is 15.2 Å². The number of pyridine rings is 1. The standard InChI is InChI=1S/C19H24N4O3/c1-23(2)11-5-9-21-18(24)14-8-10-20-17(12-14)19(25)22-15-6-4-7-16(13-15)26-3/h4,6-8,10,12-13H,5,9,11H2,1-3H3,(H,21,24)(H,22,25). The molecule has 0 fully saturated rings. The number of amides is 2. The smallest absolute Gasteiger partial charge is 0.274 e. The molecule has 2 rings (SSSR count). The zero-order chi connectivity index (χ0) is 18.9. The van der Waals surface area contributed by atoms with Crippen LogP contribution in [0.15, 0.2) is 42.6 Å². The minimum Gasteiger partial charge on any atom is -0.497 e. The first-order valence-electron chi connectivity index (χ1n) is 8.34. The summed E-state index contributed by atoms with van der Waals surface area (Å²) in [5.41, 5.74) is 1.17. The molecule has 2 amide bonds. The molecule has 0 spiro atoms. The van der Waals surface area contributed by atoms with Gasteiger partial charge in [-0.1, -0.05) is 6.07 Å². The van der Waals surface area contributed by atoms with Gasteiger partial charge in [-0.2, -0.15) is 0 Å². The Bertz CT molecular complexity index is 762. The van der Waals surface area contributed by atoms with Crippen molar-refractivity contribution in [3.63, 3.8) is 0 Å². The summed E-state index contributed by atoms with van der Waals surface area (Å²) >= 11 is 0. The lowest BCUT2D eigenvalue weighted by Crippen LogP contribution is -2.27. The van der Waals surface area contributed by atoms with Gasteiger partial charge in [0, 0.05) is 30.1 Å². The van der Waals surface area contributed by atoms with Gasteiger partial charge in [0.2, 0.25) is 0 Å². The van der Waals surface area contributed by atoms with Crippen molar-refractivity contribution in [3.05, 3.63) is 53.9 Å². The lowest BCUT2D eigenvalue weighted by atomic mass is 10.2. The second-order valence-electron chi connectivity index (χ2n) is 6.03. The largest absolute Gasteiger partial charge is 0.497 e. The fraction of sp³-hybridized carbons (Fsp3) is 0.316. The summed E-state index contributed by atoms with van der Waals surface area (Å²) in [6.07, 6.45) is 2.31. The second kappa shape index (κ2) is 9.53. The highest BCUT2D eigenvalue weighted by atomic mass is 16.5. The Morgan fingerprint density at radius 3 is 2.69 bits per heavy atom. The summed E-state index contributed by atoms with van der Waals surface area (Å²) in [5.74, 6) is 0.0312. The number of nitrogens with one attached hydrogen (secondary N) is 2. The van der Waals surface area contributed by atoms with Crippen LogP contribution in [0.1, 0.15) is 27.3 Å². The van der Waals surface area contributed by atoms with Gasteiger partial charge in [-0.15, -0.1) is 0 Å². The van der Waals surface area contributed by atoms with Crippen LogP contribution < -0.4 is 15.4 Å². The Morgan fingerprint density at radius 1 is 1.15 bits per heavy atom. The molecule has 0 aliphatic carbocycles. The molecule has 2 aromatic rings. The molecule has 0 atom stereocenters. The van der Waals surface area contributed by atoms with Gasteiger partial charge in [0.15, 0.2) is 0 Å². The van der Waals surface area contributed by atoms with Crippen LogP contribution in [0.4, 0.5) is 5.69 Å². The van der Waals surface area contributed by atoms with Crippen LogP contribution in [0.3, 0.4) is 0 Å². The van der Waals surface area contributed by atoms with Crippen molar-refractivity contribution in [2.45, 2.75) is 6.42 Å². The van der Waals surface area contributed by atoms with Gasteiger partial charge in [0.25, 0.3) is 11.8 Å². The van der Waals surface area contributed by atoms with Crippen molar-refractivity contribution in [1.29, 1.82) is 0 Å². The number of ether oxygens (including phenoxy) is 1. The van der Waals surface area contributed by atoms with Crippen LogP contribution in [0, 0.1) is 0 Å². The van der Waals surface area contributed by atoms with Crippen LogP contribution in [0.2, 0.25) is 0 Å². The Balaban J connectivity index is 1.98. The number of anilines is 1. The second-order valence-corrected chi connectivity index (χ2v) is 6.03. The summed E-state index contributed by atoms with van der Waals surface area (Å²) in [5, 5.41) is 5.59. The topological polar surface area (TPSA) is 83.6 Å². The highest BCUT2D eigenvalue weighted by molar-refractivity contribution is 6.04. The van der Waals surface area contributed by atoms with E-state index in [1.165, 1.54) is 12.3 Å². The average molecular weight is 356 g/mol. The average Bonchev–Trinajstić information content (AvgIpc) is 2.65. The van der Waals surface area contributed by atoms with Crippen molar-refractivity contribution in [2.75, 3.05) is 39.6 Å². The van der Waals surface area contributed by atoms with E-state index in [0.29, 0.717) is 23.5 Å². The molecule has 138 valence electrons. The molecule has 26 heavy (non-hydrogen) atoms. The molecular formula is C19H24N4O3. The number of nitrogens with zero attached hydrogens (tertiary/aromatic N) is 2. The van der Waals surface area contributed by atoms with E-state index in [9.17, 15) is 9.59 Å². The maximum absolute atomic E-state index is 12.4. The van der Waals surface area contributed by atoms with Crippen molar-refractivity contribution >= 4 is 17.5 Å². The SMILES string of the molecule is COc1cccc(NC(=O)c2cc(C(=O)NCCCN(C)C)ccn2)c1. The van der Waals surface area contributed by atoms with Crippen molar-refractivity contribution in [3.8, 4) is 5.75 Å². The van der Waals surface area contributed by atoms with E-state index < -0.39 is 0 Å². The zero-order valence-electron chi connectivity index (χ0n) is 15.3. The number of hydrogen-bond donors (Lipinski definition) is 2. The van der Waals surface area contributed by atoms with E-state index in [1.54, 1.807) is 37.4 Å². The molecule has 7 heteroatoms. The molecule has 0 aliphatic rings. The van der Waals surface area contributed by atoms with E-state index in [4.69, 9.17) is 4.74 Å². The normalized spacial score (nSPS) is 10.5. The quantitative estimate of drug-likeness (QED) is 0.707. The first kappa shape index (κ1) is 19.4. The van der Waals surface area contributed by atoms with Gasteiger partial charge in [0.05, 0.1) is 7.11 Å². The maximum atomic E-state index is 12.4. The van der Waals surface area contributed by atoms with Gasteiger partial charge in [-0.3, -0.25) is 14.6 Å². The molecule has 0 bridgehead atoms. The first-order chi connectivity index (χ1) is 12.5. The van der Waals surface area contributed by atoms with E-state index in [1.807, 2.05) is 14.1 Å². The number of aromatic nitrogens is 1. The van der Waals surface area contributed by atoms with Gasteiger partial charge in [-0.05, 0) is 51.3 Å². The first-order valence-corrected chi connectivity index (χ1v) is 8.34. The predicted octanol–water partition coefficient (Wildman–Crippen LogP) is 2.02. The lowest BCUT2D eigenvalue weighted by molar-refractivity contribution is 0.0952. The highest BCUT2D eigenvalue weighted by Gasteiger charge is 2.12. The van der Waals surface area contributed by atoms with Crippen molar-refractivity contribution < 1.29 is 14.3 Å². The summed E-state index contributed by atoms with van der Waals surface area (Å²) in [6, 6.07) is 10.1. The number of benzene rings is 1. The Labute approximate surface area is 153 Å². The van der Waals surface area contributed by atoms with Crippen LogP contribution >= 0.6 is 0 Å². The summed E-state index contributed by atoms with van der Waals surface area (Å²) in [7, 11) is 5.53. The molecular weight excluding hydrogens is 332 g/mol. The van der Waals surface area contributed by atoms with Gasteiger partial charge in [-0.25, -0.2) is 0 Å². The van der Waals surface area contributed by atoms with Crippen LogP contribution in [0.25, 0.3) is 0 Å². The maximum Gasteiger partial charge on any atom is 0.274 e. The number of carbonyl (C=O) groups excluding carboxylic acids is 2. The minimum atomic E-state index is -0.388. The lowest BCUT2D eigenvalue weighted by Gasteiger charge is -2.10. The summed E-state index contributed by atoms with van der Waals surface area (Å²) in [6.45, 7) is 1.47. The third kappa shape index (κ3) is 5.86. The number of carbonyl (C=O) groups is 2. The van der Waals surface area contributed by atoms with Crippen molar-refractivity contribution in [2.24, 2.45) is 0 Å². The van der Waals surface area contributed by atoms with E-state index in [2.05, 4.69) is 20.5 Å². The van der Waals surface area contributed by atoms with E-state index in [-0.39, 0.29) is 17.5 Å². The fourth-order valence-corrected chi connectivity index (χ4v) is 2.29. The van der Waals surface area contributed by atoms with Gasteiger partial charge >= 0.3 is 0 Å². The van der Waals surface area contributed by atoms with E-state index >= 15 is 0 Å². The summed E-state index contributed by atoms with van der Waals surface area (Å²) in [4.78, 5) is 30.7. The number of methoxy groups -OCH3 is 1. The zero-order valence-corrected chi connectivity index (χ0v) is 15.3. The molecule has 0 unspecified atom stereocenters. The summed E-state index contributed by atoms with van der Waals surface area (Å²) < 4.78 is 5.13. The highest BCUT2D eigenvalue weighted by Crippen LogP contribution is 2.17. The van der Waals surface area contributed by atoms with Gasteiger partial charge < -0.3 is 20.3 Å². The van der Waals surface area contributed by atoms with E-state index in [0.717, 1.165) is 13.0 Å². The molecule has 2 N–H and O–H groups in total. The van der Waals surface area contributed by atoms with Crippen LogP contribution in [-0.4, -0.2) is 56.0 Å². The Hall–Kier alpha value is -2.93. The van der Waals surface area contributed by atoms with Crippen LogP contribution in [0.5, 0.6) is 5.75 Å². The molecule has 0 saturated heterocycles. The van der Waals surface area contributed by atoms with Crippen LogP contribution in [-0.2, 0) is 0 Å². The molecule has 0 radical (unpaired) electrons. The number of hydrogen-bond acceptors (Lipinski definition) is 5. The molecule has 0 aliphatic heterocycles. The predicted molar refractivity (Wildman–Crippen MR) is 101 cm³/mol. The van der Waals surface area contributed by atoms with Gasteiger partial charge in [0.1, 0.15) is 11.4 Å². The Kier molecular flexibility index (Phi) is 7.11. The third-order valence-corrected chi connectivity index (χ3v) is 3.65. The third-order valence-electron chi connectivity index (χ3n) is 3.65. The number of rotatable bonds is 8. The Morgan fingerprint density at radius 2 is 1.96 bits per heavy atom. The molecule has 1 heterocycles. The fourth-order valence-electron chi connectivity index (χ4n) is 2.29.